The lowest BCUT2D eigenvalue weighted by molar-refractivity contribution is -0.138. The Morgan fingerprint density at radius 1 is 1.59 bits per heavy atom. The average Bonchev–Trinajstić information content (AvgIpc) is 2.35. The number of ether oxygens (including phenoxy) is 2. The molecule has 0 aliphatic carbocycles. The topological polar surface area (TPSA) is 50.8 Å². The van der Waals surface area contributed by atoms with E-state index in [1.165, 1.54) is 0 Å². The summed E-state index contributed by atoms with van der Waals surface area (Å²) in [4.78, 5) is 13.8. The summed E-state index contributed by atoms with van der Waals surface area (Å²) in [5.74, 6) is 0.217. The van der Waals surface area contributed by atoms with Crippen LogP contribution in [-0.2, 0) is 14.3 Å². The largest absolute Gasteiger partial charge is 0.382 e. The lowest BCUT2D eigenvalue weighted by atomic mass is 10.2. The van der Waals surface area contributed by atoms with Gasteiger partial charge in [-0.3, -0.25) is 4.79 Å². The number of amides is 1. The molecule has 17 heavy (non-hydrogen) atoms. The Morgan fingerprint density at radius 2 is 2.41 bits per heavy atom. The number of carbonyl (C=O) groups excluding carboxylic acids is 1. The third-order valence-electron chi connectivity index (χ3n) is 2.81. The van der Waals surface area contributed by atoms with Crippen molar-refractivity contribution in [1.29, 1.82) is 0 Å². The van der Waals surface area contributed by atoms with E-state index < -0.39 is 0 Å². The van der Waals surface area contributed by atoms with Crippen molar-refractivity contribution in [1.82, 2.24) is 10.2 Å². The van der Waals surface area contributed by atoms with Gasteiger partial charge in [-0.2, -0.15) is 0 Å². The van der Waals surface area contributed by atoms with Crippen molar-refractivity contribution in [3.05, 3.63) is 0 Å². The van der Waals surface area contributed by atoms with Crippen molar-refractivity contribution in [2.24, 2.45) is 0 Å². The molecule has 1 heterocycles. The van der Waals surface area contributed by atoms with Crippen molar-refractivity contribution in [2.45, 2.75) is 25.9 Å². The maximum Gasteiger partial charge on any atom is 0.222 e. The molecule has 1 N–H and O–H groups in total. The Labute approximate surface area is 103 Å². The molecule has 5 heteroatoms. The number of rotatable bonds is 7. The first-order valence-corrected chi connectivity index (χ1v) is 6.39. The number of hydrogen-bond donors (Lipinski definition) is 1. The lowest BCUT2D eigenvalue weighted by Crippen LogP contribution is -2.48. The number of likely N-dealkylation sites (N-methyl/N-ethyl adjacent to an activating group) is 1. The minimum absolute atomic E-state index is 0.129. The molecule has 0 aromatic carbocycles. The van der Waals surface area contributed by atoms with E-state index in [-0.39, 0.29) is 12.0 Å². The highest BCUT2D eigenvalue weighted by Crippen LogP contribution is 2.07. The van der Waals surface area contributed by atoms with Gasteiger partial charge in [0.2, 0.25) is 5.91 Å². The van der Waals surface area contributed by atoms with E-state index in [0.29, 0.717) is 32.7 Å². The molecule has 0 spiro atoms. The third-order valence-corrected chi connectivity index (χ3v) is 2.81. The highest BCUT2D eigenvalue weighted by Gasteiger charge is 2.23. The molecule has 5 nitrogen and oxygen atoms in total. The van der Waals surface area contributed by atoms with E-state index in [1.54, 1.807) is 0 Å². The molecule has 0 aromatic rings. The van der Waals surface area contributed by atoms with Gasteiger partial charge in [0.1, 0.15) is 0 Å². The van der Waals surface area contributed by atoms with Gasteiger partial charge in [-0.15, -0.1) is 0 Å². The molecular weight excluding hydrogens is 220 g/mol. The van der Waals surface area contributed by atoms with E-state index in [9.17, 15) is 4.79 Å². The Morgan fingerprint density at radius 3 is 3.12 bits per heavy atom. The Kier molecular flexibility index (Phi) is 7.16. The first-order chi connectivity index (χ1) is 8.27. The van der Waals surface area contributed by atoms with Crippen molar-refractivity contribution >= 4 is 5.91 Å². The lowest BCUT2D eigenvalue weighted by Gasteiger charge is -2.33. The maximum absolute atomic E-state index is 11.9. The standard InChI is InChI=1S/C12H24N2O3/c1-3-16-7-4-5-12(15)14-6-8-17-11(10-14)9-13-2/h11,13H,3-10H2,1-2H3. The summed E-state index contributed by atoms with van der Waals surface area (Å²) >= 11 is 0. The van der Waals surface area contributed by atoms with Crippen molar-refractivity contribution in [2.75, 3.05) is 46.5 Å². The van der Waals surface area contributed by atoms with Crippen LogP contribution in [0.3, 0.4) is 0 Å². The SMILES string of the molecule is CCOCCCC(=O)N1CCOC(CNC)C1. The van der Waals surface area contributed by atoms with Crippen LogP contribution in [0.4, 0.5) is 0 Å². The molecule has 1 fully saturated rings. The van der Waals surface area contributed by atoms with Crippen LogP contribution in [0.25, 0.3) is 0 Å². The summed E-state index contributed by atoms with van der Waals surface area (Å²) in [5.41, 5.74) is 0. The summed E-state index contributed by atoms with van der Waals surface area (Å²) in [7, 11) is 1.90. The molecule has 0 bridgehead atoms. The van der Waals surface area contributed by atoms with Crippen molar-refractivity contribution in [3.63, 3.8) is 0 Å². The molecule has 0 aromatic heterocycles. The van der Waals surface area contributed by atoms with Crippen LogP contribution in [0.2, 0.25) is 0 Å². The van der Waals surface area contributed by atoms with E-state index in [2.05, 4.69) is 5.32 Å². The second-order valence-corrected chi connectivity index (χ2v) is 4.19. The molecule has 1 atom stereocenters. The maximum atomic E-state index is 11.9. The van der Waals surface area contributed by atoms with Gasteiger partial charge in [-0.05, 0) is 20.4 Å². The molecule has 1 saturated heterocycles. The van der Waals surface area contributed by atoms with Crippen LogP contribution in [0.5, 0.6) is 0 Å². The van der Waals surface area contributed by atoms with Crippen molar-refractivity contribution in [3.8, 4) is 0 Å². The van der Waals surface area contributed by atoms with Gasteiger partial charge in [0, 0.05) is 39.3 Å². The molecule has 0 radical (unpaired) electrons. The zero-order valence-corrected chi connectivity index (χ0v) is 10.9. The number of carbonyl (C=O) groups is 1. The van der Waals surface area contributed by atoms with E-state index in [1.807, 2.05) is 18.9 Å². The van der Waals surface area contributed by atoms with E-state index in [4.69, 9.17) is 9.47 Å². The monoisotopic (exact) mass is 244 g/mol. The predicted octanol–water partition coefficient (Wildman–Crippen LogP) is 0.250. The van der Waals surface area contributed by atoms with Crippen LogP contribution >= 0.6 is 0 Å². The molecule has 1 amide bonds. The first-order valence-electron chi connectivity index (χ1n) is 6.39. The average molecular weight is 244 g/mol. The second-order valence-electron chi connectivity index (χ2n) is 4.19. The van der Waals surface area contributed by atoms with Gasteiger partial charge in [-0.25, -0.2) is 0 Å². The smallest absolute Gasteiger partial charge is 0.222 e. The zero-order chi connectivity index (χ0) is 12.5. The molecule has 1 aliphatic heterocycles. The fraction of sp³-hybridized carbons (Fsp3) is 0.917. The predicted molar refractivity (Wildman–Crippen MR) is 66.0 cm³/mol. The minimum atomic E-state index is 0.129. The Bertz CT molecular complexity index is 222. The van der Waals surface area contributed by atoms with Crippen LogP contribution in [0.15, 0.2) is 0 Å². The number of morpholine rings is 1. The highest BCUT2D eigenvalue weighted by atomic mass is 16.5. The first kappa shape index (κ1) is 14.4. The van der Waals surface area contributed by atoms with Crippen molar-refractivity contribution < 1.29 is 14.3 Å². The van der Waals surface area contributed by atoms with E-state index in [0.717, 1.165) is 19.6 Å². The van der Waals surface area contributed by atoms with Gasteiger partial charge in [0.15, 0.2) is 0 Å². The quantitative estimate of drug-likeness (QED) is 0.652. The summed E-state index contributed by atoms with van der Waals surface area (Å²) in [6.45, 7) is 6.21. The summed E-state index contributed by atoms with van der Waals surface area (Å²) in [5, 5.41) is 3.07. The normalized spacial score (nSPS) is 20.6. The molecular formula is C12H24N2O3. The molecule has 0 saturated carbocycles. The van der Waals surface area contributed by atoms with Gasteiger partial charge in [0.05, 0.1) is 12.7 Å². The molecule has 100 valence electrons. The van der Waals surface area contributed by atoms with E-state index >= 15 is 0 Å². The van der Waals surface area contributed by atoms with Gasteiger partial charge in [0.25, 0.3) is 0 Å². The summed E-state index contributed by atoms with van der Waals surface area (Å²) < 4.78 is 10.8. The third kappa shape index (κ3) is 5.48. The summed E-state index contributed by atoms with van der Waals surface area (Å²) in [6, 6.07) is 0. The number of nitrogens with one attached hydrogen (secondary N) is 1. The number of hydrogen-bond acceptors (Lipinski definition) is 4. The van der Waals surface area contributed by atoms with Gasteiger partial charge < -0.3 is 19.7 Å². The zero-order valence-electron chi connectivity index (χ0n) is 10.9. The minimum Gasteiger partial charge on any atom is -0.382 e. The fourth-order valence-corrected chi connectivity index (χ4v) is 1.92. The van der Waals surface area contributed by atoms with Crippen LogP contribution in [-0.4, -0.2) is 63.4 Å². The van der Waals surface area contributed by atoms with Gasteiger partial charge >= 0.3 is 0 Å². The van der Waals surface area contributed by atoms with Crippen LogP contribution in [0, 0.1) is 0 Å². The summed E-state index contributed by atoms with van der Waals surface area (Å²) in [6.07, 6.45) is 1.51. The Hall–Kier alpha value is -0.650. The molecule has 1 rings (SSSR count). The Balaban J connectivity index is 2.21. The van der Waals surface area contributed by atoms with Crippen LogP contribution < -0.4 is 5.32 Å². The van der Waals surface area contributed by atoms with Crippen LogP contribution in [0.1, 0.15) is 19.8 Å². The molecule has 1 unspecified atom stereocenters. The fourth-order valence-electron chi connectivity index (χ4n) is 1.92. The van der Waals surface area contributed by atoms with Gasteiger partial charge in [-0.1, -0.05) is 0 Å². The molecule has 1 aliphatic rings. The number of nitrogens with zero attached hydrogens (tertiary/aromatic N) is 1. The highest BCUT2D eigenvalue weighted by molar-refractivity contribution is 5.76. The second kappa shape index (κ2) is 8.44.